The second kappa shape index (κ2) is 11.5. The predicted octanol–water partition coefficient (Wildman–Crippen LogP) is 4.43. The average Bonchev–Trinajstić information content (AvgIpc) is 3.13. The molecule has 0 bridgehead atoms. The van der Waals surface area contributed by atoms with Gasteiger partial charge in [0.1, 0.15) is 19.2 Å². The number of aliphatic carboxylic acids is 1. The Balaban J connectivity index is 1.70. The van der Waals surface area contributed by atoms with Crippen LogP contribution in [0.15, 0.2) is 61.2 Å². The lowest BCUT2D eigenvalue weighted by Crippen LogP contribution is -2.50. The fraction of sp³-hybridized carbons (Fsp3) is 0.370. The van der Waals surface area contributed by atoms with E-state index in [0.717, 1.165) is 22.3 Å². The third-order valence-electron chi connectivity index (χ3n) is 5.95. The number of hydrogen-bond donors (Lipinski definition) is 2. The van der Waals surface area contributed by atoms with E-state index in [2.05, 4.69) is 24.0 Å². The molecule has 0 saturated carbocycles. The van der Waals surface area contributed by atoms with Gasteiger partial charge in [-0.2, -0.15) is 0 Å². The fourth-order valence-corrected chi connectivity index (χ4v) is 4.31. The molecule has 1 unspecified atom stereocenters. The van der Waals surface area contributed by atoms with Crippen molar-refractivity contribution >= 4 is 18.0 Å². The number of ether oxygens (including phenoxy) is 1. The first-order valence-electron chi connectivity index (χ1n) is 11.5. The zero-order valence-corrected chi connectivity index (χ0v) is 19.7. The Hall–Kier alpha value is -3.61. The van der Waals surface area contributed by atoms with Crippen LogP contribution in [0.2, 0.25) is 0 Å². The number of carbonyl (C=O) groups excluding carboxylic acids is 2. The van der Waals surface area contributed by atoms with Crippen LogP contribution in [0, 0.1) is 5.92 Å². The van der Waals surface area contributed by atoms with E-state index in [4.69, 9.17) is 9.84 Å². The Kier molecular flexibility index (Phi) is 8.46. The fourth-order valence-electron chi connectivity index (χ4n) is 4.31. The summed E-state index contributed by atoms with van der Waals surface area (Å²) in [5.41, 5.74) is 4.46. The summed E-state index contributed by atoms with van der Waals surface area (Å²) in [5, 5.41) is 11.8. The number of rotatable bonds is 11. The highest BCUT2D eigenvalue weighted by Gasteiger charge is 2.31. The molecule has 0 fully saturated rings. The van der Waals surface area contributed by atoms with Crippen LogP contribution >= 0.6 is 0 Å². The van der Waals surface area contributed by atoms with Gasteiger partial charge in [-0.25, -0.2) is 4.79 Å². The zero-order chi connectivity index (χ0) is 24.7. The van der Waals surface area contributed by atoms with Crippen molar-refractivity contribution in [2.75, 3.05) is 19.7 Å². The highest BCUT2D eigenvalue weighted by molar-refractivity contribution is 5.88. The Morgan fingerprint density at radius 2 is 1.65 bits per heavy atom. The first-order valence-corrected chi connectivity index (χ1v) is 11.5. The van der Waals surface area contributed by atoms with E-state index in [0.29, 0.717) is 18.8 Å². The van der Waals surface area contributed by atoms with Crippen molar-refractivity contribution in [3.63, 3.8) is 0 Å². The molecule has 3 rings (SSSR count). The number of carbonyl (C=O) groups is 3. The topological polar surface area (TPSA) is 95.9 Å². The van der Waals surface area contributed by atoms with Gasteiger partial charge in [0.2, 0.25) is 5.91 Å². The lowest BCUT2D eigenvalue weighted by Gasteiger charge is -2.26. The van der Waals surface area contributed by atoms with Gasteiger partial charge < -0.3 is 20.1 Å². The van der Waals surface area contributed by atoms with Gasteiger partial charge in [0.25, 0.3) is 0 Å². The summed E-state index contributed by atoms with van der Waals surface area (Å²) < 4.78 is 5.59. The molecule has 0 spiro atoms. The maximum atomic E-state index is 13.0. The first-order chi connectivity index (χ1) is 16.3. The van der Waals surface area contributed by atoms with Gasteiger partial charge >= 0.3 is 12.1 Å². The van der Waals surface area contributed by atoms with Crippen LogP contribution in [0.4, 0.5) is 4.79 Å². The second-order valence-corrected chi connectivity index (χ2v) is 8.89. The molecule has 2 aromatic carbocycles. The smallest absolute Gasteiger partial charge is 0.407 e. The lowest BCUT2D eigenvalue weighted by molar-refractivity contribution is -0.145. The molecule has 1 aliphatic rings. The van der Waals surface area contributed by atoms with Gasteiger partial charge in [-0.1, -0.05) is 68.5 Å². The summed E-state index contributed by atoms with van der Waals surface area (Å²) in [7, 11) is 0. The largest absolute Gasteiger partial charge is 0.480 e. The maximum Gasteiger partial charge on any atom is 0.407 e. The third kappa shape index (κ3) is 6.04. The Morgan fingerprint density at radius 1 is 1.06 bits per heavy atom. The van der Waals surface area contributed by atoms with E-state index in [9.17, 15) is 14.4 Å². The van der Waals surface area contributed by atoms with E-state index in [1.54, 1.807) is 0 Å². The molecule has 1 atom stereocenters. The predicted molar refractivity (Wildman–Crippen MR) is 130 cm³/mol. The molecule has 180 valence electrons. The minimum Gasteiger partial charge on any atom is -0.480 e. The summed E-state index contributed by atoms with van der Waals surface area (Å²) in [4.78, 5) is 38.2. The number of hydrogen-bond acceptors (Lipinski definition) is 4. The quantitative estimate of drug-likeness (QED) is 0.480. The molecule has 2 aromatic rings. The number of amides is 2. The number of carboxylic acid groups (broad SMARTS) is 1. The van der Waals surface area contributed by atoms with E-state index < -0.39 is 30.6 Å². The normalized spacial score (nSPS) is 13.0. The third-order valence-corrected chi connectivity index (χ3v) is 5.95. The highest BCUT2D eigenvalue weighted by atomic mass is 16.5. The average molecular weight is 465 g/mol. The molecular weight excluding hydrogens is 432 g/mol. The van der Waals surface area contributed by atoms with Crippen molar-refractivity contribution < 1.29 is 24.2 Å². The van der Waals surface area contributed by atoms with Gasteiger partial charge in [-0.05, 0) is 41.0 Å². The van der Waals surface area contributed by atoms with Crippen molar-refractivity contribution in [1.82, 2.24) is 10.2 Å². The molecule has 0 heterocycles. The van der Waals surface area contributed by atoms with E-state index in [-0.39, 0.29) is 19.1 Å². The van der Waals surface area contributed by atoms with Gasteiger partial charge in [0.05, 0.1) is 0 Å². The van der Waals surface area contributed by atoms with Crippen LogP contribution in [0.25, 0.3) is 11.1 Å². The van der Waals surface area contributed by atoms with E-state index in [1.807, 2.05) is 50.2 Å². The van der Waals surface area contributed by atoms with Gasteiger partial charge in [0.15, 0.2) is 0 Å². The first kappa shape index (κ1) is 25.0. The van der Waals surface area contributed by atoms with Crippen molar-refractivity contribution in [3.8, 4) is 11.1 Å². The van der Waals surface area contributed by atoms with Gasteiger partial charge in [0, 0.05) is 12.5 Å². The van der Waals surface area contributed by atoms with Gasteiger partial charge in [-0.3, -0.25) is 9.59 Å². The monoisotopic (exact) mass is 464 g/mol. The van der Waals surface area contributed by atoms with Crippen molar-refractivity contribution in [1.29, 1.82) is 0 Å². The lowest BCUT2D eigenvalue weighted by atomic mass is 9.98. The van der Waals surface area contributed by atoms with E-state index in [1.165, 1.54) is 11.0 Å². The molecular formula is C27H32N2O5. The molecule has 1 aliphatic carbocycles. The Labute approximate surface area is 200 Å². The molecule has 0 aliphatic heterocycles. The molecule has 0 saturated heterocycles. The highest BCUT2D eigenvalue weighted by Crippen LogP contribution is 2.44. The number of alkyl carbamates (subject to hydrolysis) is 1. The van der Waals surface area contributed by atoms with Crippen LogP contribution in [0.5, 0.6) is 0 Å². The Morgan fingerprint density at radius 3 is 2.18 bits per heavy atom. The van der Waals surface area contributed by atoms with Crippen LogP contribution in [0.3, 0.4) is 0 Å². The number of nitrogens with zero attached hydrogens (tertiary/aromatic N) is 1. The van der Waals surface area contributed by atoms with Crippen LogP contribution in [0.1, 0.15) is 43.7 Å². The number of nitrogens with one attached hydrogen (secondary N) is 1. The molecule has 2 N–H and O–H groups in total. The summed E-state index contributed by atoms with van der Waals surface area (Å²) in [6.45, 7) is 7.39. The summed E-state index contributed by atoms with van der Waals surface area (Å²) in [6.07, 6.45) is 1.84. The van der Waals surface area contributed by atoms with Crippen LogP contribution in [-0.4, -0.2) is 53.7 Å². The molecule has 0 radical (unpaired) electrons. The molecule has 0 aromatic heterocycles. The maximum absolute atomic E-state index is 13.0. The number of fused-ring (bicyclic) bond motifs is 3. The molecule has 34 heavy (non-hydrogen) atoms. The SMILES string of the molecule is C=CCN(CC(=O)O)C(=O)C(CCC(C)C)NC(=O)OCC1c2ccccc2-c2ccccc21. The standard InChI is InChI=1S/C27H32N2O5/c1-4-15-29(16-25(30)31)26(32)24(14-13-18(2)3)28-27(33)34-17-23-21-11-7-5-9-19(21)20-10-6-8-12-22(20)23/h4-12,18,23-24H,1,13-17H2,2-3H3,(H,28,33)(H,30,31). The molecule has 2 amide bonds. The summed E-state index contributed by atoms with van der Waals surface area (Å²) in [6, 6.07) is 15.2. The van der Waals surface area contributed by atoms with Crippen molar-refractivity contribution in [2.45, 2.75) is 38.6 Å². The summed E-state index contributed by atoms with van der Waals surface area (Å²) in [5.74, 6) is -1.37. The number of benzene rings is 2. The zero-order valence-electron chi connectivity index (χ0n) is 19.7. The van der Waals surface area contributed by atoms with E-state index >= 15 is 0 Å². The van der Waals surface area contributed by atoms with Crippen molar-refractivity contribution in [3.05, 3.63) is 72.3 Å². The molecule has 7 nitrogen and oxygen atoms in total. The minimum atomic E-state index is -1.13. The molecule has 7 heteroatoms. The van der Waals surface area contributed by atoms with Crippen molar-refractivity contribution in [2.24, 2.45) is 5.92 Å². The van der Waals surface area contributed by atoms with Crippen LogP contribution in [-0.2, 0) is 14.3 Å². The second-order valence-electron chi connectivity index (χ2n) is 8.89. The van der Waals surface area contributed by atoms with Crippen LogP contribution < -0.4 is 5.32 Å². The minimum absolute atomic E-state index is 0.0790. The Bertz CT molecular complexity index is 1000. The number of carboxylic acids is 1. The van der Waals surface area contributed by atoms with Gasteiger partial charge in [-0.15, -0.1) is 6.58 Å². The summed E-state index contributed by atoms with van der Waals surface area (Å²) >= 11 is 0.